The summed E-state index contributed by atoms with van der Waals surface area (Å²) in [6.07, 6.45) is -0.294. The van der Waals surface area contributed by atoms with Crippen molar-refractivity contribution in [2.45, 2.75) is 12.5 Å². The van der Waals surface area contributed by atoms with Crippen molar-refractivity contribution in [3.63, 3.8) is 0 Å². The van der Waals surface area contributed by atoms with Gasteiger partial charge in [-0.15, -0.1) is 0 Å². The van der Waals surface area contributed by atoms with Gasteiger partial charge in [-0.3, -0.25) is 24.7 Å². The number of carbonyl (C=O) groups excluding carboxylic acids is 3. The average Bonchev–Trinajstić information content (AvgIpc) is 3.08. The van der Waals surface area contributed by atoms with Crippen LogP contribution in [-0.2, 0) is 9.59 Å². The number of ether oxygens (including phenoxy) is 1. The zero-order valence-corrected chi connectivity index (χ0v) is 19.4. The van der Waals surface area contributed by atoms with Crippen LogP contribution in [0, 0.1) is 5.82 Å². The average molecular weight is 493 g/mol. The molecule has 3 amide bonds. The molecule has 1 saturated heterocycles. The maximum Gasteiger partial charge on any atom is 0.269 e. The Morgan fingerprint density at radius 1 is 1.03 bits per heavy atom. The standard InChI is InChI=1S/C25H21FN4O4S/c1-34-20-12-10-18(11-13-20)27-22(31)15-21-24(33)29(19-8-3-2-4-9-19)25(35)30(21)28-23(32)16-6-5-7-17(26)14-16/h2-14,21H,15H2,1H3,(H,27,31)(H,28,32). The van der Waals surface area contributed by atoms with E-state index in [0.717, 1.165) is 6.07 Å². The Labute approximate surface area is 206 Å². The predicted octanol–water partition coefficient (Wildman–Crippen LogP) is 3.51. The summed E-state index contributed by atoms with van der Waals surface area (Å²) >= 11 is 5.50. The van der Waals surface area contributed by atoms with Crippen LogP contribution >= 0.6 is 12.2 Å². The summed E-state index contributed by atoms with van der Waals surface area (Å²) in [4.78, 5) is 40.2. The van der Waals surface area contributed by atoms with E-state index in [4.69, 9.17) is 17.0 Å². The number of anilines is 2. The van der Waals surface area contributed by atoms with Gasteiger partial charge in [-0.1, -0.05) is 24.3 Å². The molecule has 3 aromatic carbocycles. The number of methoxy groups -OCH3 is 1. The van der Waals surface area contributed by atoms with Gasteiger partial charge in [-0.05, 0) is 66.8 Å². The molecule has 1 heterocycles. The van der Waals surface area contributed by atoms with E-state index in [2.05, 4.69) is 10.7 Å². The Bertz CT molecular complexity index is 1270. The van der Waals surface area contributed by atoms with Gasteiger partial charge < -0.3 is 10.1 Å². The smallest absolute Gasteiger partial charge is 0.269 e. The van der Waals surface area contributed by atoms with Crippen molar-refractivity contribution in [3.8, 4) is 5.75 Å². The van der Waals surface area contributed by atoms with Crippen LogP contribution in [0.25, 0.3) is 0 Å². The second-order valence-corrected chi connectivity index (χ2v) is 7.97. The minimum Gasteiger partial charge on any atom is -0.497 e. The predicted molar refractivity (Wildman–Crippen MR) is 132 cm³/mol. The zero-order valence-electron chi connectivity index (χ0n) is 18.6. The summed E-state index contributed by atoms with van der Waals surface area (Å²) in [5, 5.41) is 3.89. The SMILES string of the molecule is COc1ccc(NC(=O)CC2C(=O)N(c3ccccc3)C(=S)N2NC(=O)c2cccc(F)c2)cc1. The number of amides is 3. The maximum atomic E-state index is 13.6. The lowest BCUT2D eigenvalue weighted by atomic mass is 10.1. The molecule has 3 aromatic rings. The first-order chi connectivity index (χ1) is 16.9. The van der Waals surface area contributed by atoms with Gasteiger partial charge in [0, 0.05) is 11.3 Å². The van der Waals surface area contributed by atoms with E-state index in [-0.39, 0.29) is 17.1 Å². The highest BCUT2D eigenvalue weighted by Gasteiger charge is 2.45. The van der Waals surface area contributed by atoms with Crippen LogP contribution in [0.2, 0.25) is 0 Å². The molecular formula is C25H21FN4O4S. The number of halogens is 1. The lowest BCUT2D eigenvalue weighted by molar-refractivity contribution is -0.124. The van der Waals surface area contributed by atoms with E-state index in [1.54, 1.807) is 54.6 Å². The maximum absolute atomic E-state index is 13.6. The van der Waals surface area contributed by atoms with Crippen molar-refractivity contribution in [2.75, 3.05) is 17.3 Å². The normalized spacial score (nSPS) is 15.2. The quantitative estimate of drug-likeness (QED) is 0.491. The molecule has 1 aliphatic heterocycles. The molecule has 1 unspecified atom stereocenters. The molecule has 4 rings (SSSR count). The van der Waals surface area contributed by atoms with E-state index < -0.39 is 29.6 Å². The second kappa shape index (κ2) is 10.3. The fraction of sp³-hybridized carbons (Fsp3) is 0.120. The van der Waals surface area contributed by atoms with Gasteiger partial charge in [0.05, 0.1) is 19.2 Å². The Kier molecular flexibility index (Phi) is 7.02. The number of para-hydroxylation sites is 1. The fourth-order valence-corrected chi connectivity index (χ4v) is 3.95. The monoisotopic (exact) mass is 492 g/mol. The van der Waals surface area contributed by atoms with Crippen molar-refractivity contribution in [1.82, 2.24) is 10.4 Å². The van der Waals surface area contributed by atoms with E-state index >= 15 is 0 Å². The Hall–Kier alpha value is -4.31. The third-order valence-electron chi connectivity index (χ3n) is 5.29. The van der Waals surface area contributed by atoms with Gasteiger partial charge in [0.1, 0.15) is 17.6 Å². The van der Waals surface area contributed by atoms with Crippen molar-refractivity contribution in [3.05, 3.63) is 90.2 Å². The molecule has 8 nitrogen and oxygen atoms in total. The van der Waals surface area contributed by atoms with Crippen LogP contribution in [0.4, 0.5) is 15.8 Å². The highest BCUT2D eigenvalue weighted by atomic mass is 32.1. The van der Waals surface area contributed by atoms with Gasteiger partial charge >= 0.3 is 0 Å². The van der Waals surface area contributed by atoms with Crippen molar-refractivity contribution < 1.29 is 23.5 Å². The number of thiocarbonyl (C=S) groups is 1. The Morgan fingerprint density at radius 2 is 1.74 bits per heavy atom. The number of hydrogen-bond acceptors (Lipinski definition) is 5. The van der Waals surface area contributed by atoms with Gasteiger partial charge in [0.15, 0.2) is 0 Å². The highest BCUT2D eigenvalue weighted by molar-refractivity contribution is 7.80. The molecular weight excluding hydrogens is 471 g/mol. The first kappa shape index (κ1) is 23.8. The van der Waals surface area contributed by atoms with Crippen LogP contribution in [0.15, 0.2) is 78.9 Å². The Balaban J connectivity index is 1.57. The minimum absolute atomic E-state index is 0.00630. The van der Waals surface area contributed by atoms with Crippen LogP contribution in [0.1, 0.15) is 16.8 Å². The summed E-state index contributed by atoms with van der Waals surface area (Å²) in [5.74, 6) is -1.57. The molecule has 0 aliphatic carbocycles. The highest BCUT2D eigenvalue weighted by Crippen LogP contribution is 2.26. The van der Waals surface area contributed by atoms with Crippen LogP contribution < -0.4 is 20.4 Å². The lowest BCUT2D eigenvalue weighted by Gasteiger charge is -2.24. The van der Waals surface area contributed by atoms with Crippen molar-refractivity contribution >= 4 is 46.4 Å². The van der Waals surface area contributed by atoms with Crippen LogP contribution in [-0.4, -0.2) is 41.0 Å². The third kappa shape index (κ3) is 5.28. The molecule has 1 aliphatic rings. The number of carbonyl (C=O) groups is 3. The fourth-order valence-electron chi connectivity index (χ4n) is 3.58. The van der Waals surface area contributed by atoms with Gasteiger partial charge in [0.25, 0.3) is 11.8 Å². The summed E-state index contributed by atoms with van der Waals surface area (Å²) in [6.45, 7) is 0. The number of rotatable bonds is 7. The molecule has 1 fully saturated rings. The molecule has 35 heavy (non-hydrogen) atoms. The first-order valence-electron chi connectivity index (χ1n) is 10.6. The first-order valence-corrected chi connectivity index (χ1v) is 11.0. The minimum atomic E-state index is -1.11. The second-order valence-electron chi connectivity index (χ2n) is 7.61. The molecule has 0 radical (unpaired) electrons. The number of hydrogen-bond donors (Lipinski definition) is 2. The summed E-state index contributed by atoms with van der Waals surface area (Å²) in [5.41, 5.74) is 3.61. The number of hydrazine groups is 1. The molecule has 0 spiro atoms. The summed E-state index contributed by atoms with van der Waals surface area (Å²) in [6, 6.07) is 19.4. The number of benzene rings is 3. The number of nitrogens with one attached hydrogen (secondary N) is 2. The van der Waals surface area contributed by atoms with Crippen molar-refractivity contribution in [1.29, 1.82) is 0 Å². The van der Waals surface area contributed by atoms with Crippen LogP contribution in [0.5, 0.6) is 5.75 Å². The molecule has 2 N–H and O–H groups in total. The summed E-state index contributed by atoms with van der Waals surface area (Å²) in [7, 11) is 1.54. The van der Waals surface area contributed by atoms with E-state index in [9.17, 15) is 18.8 Å². The largest absolute Gasteiger partial charge is 0.497 e. The Morgan fingerprint density at radius 3 is 2.40 bits per heavy atom. The lowest BCUT2D eigenvalue weighted by Crippen LogP contribution is -2.49. The molecule has 1 atom stereocenters. The van der Waals surface area contributed by atoms with E-state index in [1.165, 1.54) is 35.2 Å². The zero-order chi connectivity index (χ0) is 24.9. The van der Waals surface area contributed by atoms with Gasteiger partial charge in [0.2, 0.25) is 11.0 Å². The molecule has 0 aromatic heterocycles. The topological polar surface area (TPSA) is 91.0 Å². The molecule has 0 saturated carbocycles. The van der Waals surface area contributed by atoms with Crippen LogP contribution in [0.3, 0.4) is 0 Å². The van der Waals surface area contributed by atoms with Gasteiger partial charge in [-0.25, -0.2) is 9.40 Å². The molecule has 10 heteroatoms. The van der Waals surface area contributed by atoms with Gasteiger partial charge in [-0.2, -0.15) is 0 Å². The summed E-state index contributed by atoms with van der Waals surface area (Å²) < 4.78 is 18.7. The molecule has 0 bridgehead atoms. The third-order valence-corrected chi connectivity index (χ3v) is 5.67. The van der Waals surface area contributed by atoms with E-state index in [1.807, 2.05) is 0 Å². The van der Waals surface area contributed by atoms with E-state index in [0.29, 0.717) is 17.1 Å². The molecule has 178 valence electrons. The number of nitrogens with zero attached hydrogens (tertiary/aromatic N) is 2. The van der Waals surface area contributed by atoms with Crippen molar-refractivity contribution in [2.24, 2.45) is 0 Å².